The van der Waals surface area contributed by atoms with Crippen LogP contribution in [0.15, 0.2) is 29.3 Å². The van der Waals surface area contributed by atoms with Crippen molar-refractivity contribution < 1.29 is 9.13 Å². The number of halogens is 2. The van der Waals surface area contributed by atoms with Gasteiger partial charge in [0.05, 0.1) is 6.54 Å². The second-order valence-electron chi connectivity index (χ2n) is 7.13. The molecular formula is C20H35FIN5O. The number of ether oxygens (including phenoxy) is 1. The van der Waals surface area contributed by atoms with Crippen LogP contribution < -0.4 is 15.4 Å². The summed E-state index contributed by atoms with van der Waals surface area (Å²) in [5.74, 6) is 1.03. The van der Waals surface area contributed by atoms with E-state index >= 15 is 0 Å². The number of nitrogens with zero attached hydrogens (tertiary/aromatic N) is 3. The summed E-state index contributed by atoms with van der Waals surface area (Å²) in [4.78, 5) is 9.16. The predicted molar refractivity (Wildman–Crippen MR) is 124 cm³/mol. The number of piperazine rings is 1. The third kappa shape index (κ3) is 8.48. The highest BCUT2D eigenvalue weighted by Crippen LogP contribution is 2.14. The summed E-state index contributed by atoms with van der Waals surface area (Å²) < 4.78 is 19.2. The van der Waals surface area contributed by atoms with Crippen LogP contribution in [0, 0.1) is 5.82 Å². The second kappa shape index (κ2) is 13.2. The van der Waals surface area contributed by atoms with Crippen LogP contribution in [-0.4, -0.2) is 81.3 Å². The maximum atomic E-state index is 13.3. The minimum atomic E-state index is -0.286. The van der Waals surface area contributed by atoms with E-state index in [1.807, 2.05) is 0 Å². The van der Waals surface area contributed by atoms with Crippen molar-refractivity contribution >= 4 is 29.9 Å². The predicted octanol–water partition coefficient (Wildman–Crippen LogP) is 2.40. The van der Waals surface area contributed by atoms with Crippen LogP contribution in [0.4, 0.5) is 4.39 Å². The van der Waals surface area contributed by atoms with Crippen molar-refractivity contribution in [3.05, 3.63) is 30.1 Å². The van der Waals surface area contributed by atoms with Gasteiger partial charge in [-0.2, -0.15) is 0 Å². The van der Waals surface area contributed by atoms with Crippen LogP contribution in [0.2, 0.25) is 0 Å². The first kappa shape index (κ1) is 24.9. The van der Waals surface area contributed by atoms with Gasteiger partial charge in [0.25, 0.3) is 0 Å². The molecule has 1 heterocycles. The van der Waals surface area contributed by atoms with Crippen LogP contribution in [0.25, 0.3) is 0 Å². The highest BCUT2D eigenvalue weighted by Gasteiger charge is 2.19. The molecule has 1 aromatic rings. The fourth-order valence-corrected chi connectivity index (χ4v) is 3.07. The molecule has 0 spiro atoms. The fourth-order valence-electron chi connectivity index (χ4n) is 3.07. The number of aliphatic imine (C=N–C) groups is 1. The summed E-state index contributed by atoms with van der Waals surface area (Å²) in [6.45, 7) is 10.2. The lowest BCUT2D eigenvalue weighted by Gasteiger charge is -2.36. The Balaban J connectivity index is 0.00000392. The molecule has 0 saturated carbocycles. The average molecular weight is 507 g/mol. The molecule has 0 amide bonds. The first-order chi connectivity index (χ1) is 13.0. The molecule has 2 atom stereocenters. The van der Waals surface area contributed by atoms with Crippen molar-refractivity contribution in [3.8, 4) is 5.75 Å². The van der Waals surface area contributed by atoms with Gasteiger partial charge in [-0.25, -0.2) is 4.39 Å². The van der Waals surface area contributed by atoms with E-state index in [9.17, 15) is 4.39 Å². The molecule has 160 valence electrons. The van der Waals surface area contributed by atoms with E-state index in [1.165, 1.54) is 12.1 Å². The summed E-state index contributed by atoms with van der Waals surface area (Å²) in [7, 11) is 3.94. The van der Waals surface area contributed by atoms with Gasteiger partial charge < -0.3 is 20.3 Å². The highest BCUT2D eigenvalue weighted by atomic mass is 127. The number of hydrogen-bond acceptors (Lipinski definition) is 4. The zero-order valence-electron chi connectivity index (χ0n) is 17.4. The highest BCUT2D eigenvalue weighted by molar-refractivity contribution is 14.0. The van der Waals surface area contributed by atoms with E-state index in [0.29, 0.717) is 18.3 Å². The summed E-state index contributed by atoms with van der Waals surface area (Å²) in [5.41, 5.74) is 0. The number of rotatable bonds is 8. The number of benzene rings is 1. The van der Waals surface area contributed by atoms with Gasteiger partial charge in [-0.15, -0.1) is 24.0 Å². The van der Waals surface area contributed by atoms with Crippen LogP contribution in [0.3, 0.4) is 0 Å². The molecule has 1 saturated heterocycles. The van der Waals surface area contributed by atoms with Gasteiger partial charge in [0, 0.05) is 51.9 Å². The van der Waals surface area contributed by atoms with Gasteiger partial charge in [-0.1, -0.05) is 13.0 Å². The smallest absolute Gasteiger partial charge is 0.191 e. The zero-order valence-corrected chi connectivity index (χ0v) is 19.8. The summed E-state index contributed by atoms with van der Waals surface area (Å²) in [5, 5.41) is 6.71. The van der Waals surface area contributed by atoms with Crippen LogP contribution in [0.1, 0.15) is 20.3 Å². The Morgan fingerprint density at radius 1 is 1.21 bits per heavy atom. The van der Waals surface area contributed by atoms with Crippen molar-refractivity contribution in [2.75, 3.05) is 53.4 Å². The van der Waals surface area contributed by atoms with Gasteiger partial charge in [-0.05, 0) is 32.5 Å². The van der Waals surface area contributed by atoms with Crippen LogP contribution in [0.5, 0.6) is 5.75 Å². The van der Waals surface area contributed by atoms with Gasteiger partial charge in [-0.3, -0.25) is 9.89 Å². The van der Waals surface area contributed by atoms with Gasteiger partial charge in [0.1, 0.15) is 17.7 Å². The number of nitrogens with one attached hydrogen (secondary N) is 2. The van der Waals surface area contributed by atoms with Gasteiger partial charge in [0.15, 0.2) is 5.96 Å². The number of hydrogen-bond donors (Lipinski definition) is 2. The van der Waals surface area contributed by atoms with E-state index in [2.05, 4.69) is 46.3 Å². The maximum absolute atomic E-state index is 13.3. The molecule has 1 aliphatic heterocycles. The van der Waals surface area contributed by atoms with E-state index in [1.54, 1.807) is 19.2 Å². The minimum absolute atomic E-state index is 0. The standard InChI is InChI=1S/C20H34FN5O.HI/c1-5-18(27-19-8-6-7-17(21)13-19)15-24-20(22-3)23-14-16(2)26-11-9-25(4)10-12-26;/h6-8,13,16,18H,5,9-12,14-15H2,1-4H3,(H2,22,23,24);1H. The van der Waals surface area contributed by atoms with E-state index in [0.717, 1.165) is 45.1 Å². The van der Waals surface area contributed by atoms with Crippen LogP contribution in [-0.2, 0) is 0 Å². The Labute approximate surface area is 185 Å². The van der Waals surface area contributed by atoms with E-state index in [-0.39, 0.29) is 35.9 Å². The van der Waals surface area contributed by atoms with Crippen molar-refractivity contribution in [2.24, 2.45) is 4.99 Å². The first-order valence-corrected chi connectivity index (χ1v) is 9.81. The van der Waals surface area contributed by atoms with Gasteiger partial charge in [0.2, 0.25) is 0 Å². The SMILES string of the molecule is CCC(CNC(=NC)NCC(C)N1CCN(C)CC1)Oc1cccc(F)c1.I. The Hall–Kier alpha value is -1.13. The monoisotopic (exact) mass is 507 g/mol. The average Bonchev–Trinajstić information content (AvgIpc) is 2.67. The van der Waals surface area contributed by atoms with Crippen LogP contribution >= 0.6 is 24.0 Å². The third-order valence-corrected chi connectivity index (χ3v) is 5.00. The Bertz CT molecular complexity index is 596. The Kier molecular flexibility index (Phi) is 11.7. The summed E-state index contributed by atoms with van der Waals surface area (Å²) in [6, 6.07) is 6.71. The number of likely N-dealkylation sites (N-methyl/N-ethyl adjacent to an activating group) is 1. The molecule has 1 aliphatic rings. The maximum Gasteiger partial charge on any atom is 0.191 e. The second-order valence-corrected chi connectivity index (χ2v) is 7.13. The summed E-state index contributed by atoms with van der Waals surface area (Å²) >= 11 is 0. The lowest BCUT2D eigenvalue weighted by atomic mass is 10.2. The molecule has 6 nitrogen and oxygen atoms in total. The normalized spacial score (nSPS) is 18.1. The minimum Gasteiger partial charge on any atom is -0.489 e. The van der Waals surface area contributed by atoms with Gasteiger partial charge >= 0.3 is 0 Å². The molecule has 28 heavy (non-hydrogen) atoms. The largest absolute Gasteiger partial charge is 0.489 e. The molecule has 1 aromatic carbocycles. The molecular weight excluding hydrogens is 472 g/mol. The Morgan fingerprint density at radius 3 is 2.50 bits per heavy atom. The molecule has 0 radical (unpaired) electrons. The van der Waals surface area contributed by atoms with Crippen molar-refractivity contribution in [2.45, 2.75) is 32.4 Å². The lowest BCUT2D eigenvalue weighted by molar-refractivity contribution is 0.120. The van der Waals surface area contributed by atoms with E-state index < -0.39 is 0 Å². The molecule has 0 aromatic heterocycles. The quantitative estimate of drug-likeness (QED) is 0.322. The topological polar surface area (TPSA) is 52.1 Å². The zero-order chi connectivity index (χ0) is 19.6. The molecule has 2 N–H and O–H groups in total. The van der Waals surface area contributed by atoms with Crippen molar-refractivity contribution in [3.63, 3.8) is 0 Å². The fraction of sp³-hybridized carbons (Fsp3) is 0.650. The Morgan fingerprint density at radius 2 is 1.89 bits per heavy atom. The molecule has 2 unspecified atom stereocenters. The lowest BCUT2D eigenvalue weighted by Crippen LogP contribution is -2.52. The molecule has 0 bridgehead atoms. The molecule has 1 fully saturated rings. The van der Waals surface area contributed by atoms with Crippen molar-refractivity contribution in [1.29, 1.82) is 0 Å². The summed E-state index contributed by atoms with van der Waals surface area (Å²) in [6.07, 6.45) is 0.762. The molecule has 0 aliphatic carbocycles. The van der Waals surface area contributed by atoms with E-state index in [4.69, 9.17) is 4.74 Å². The first-order valence-electron chi connectivity index (χ1n) is 9.81. The molecule has 8 heteroatoms. The molecule has 2 rings (SSSR count). The van der Waals surface area contributed by atoms with Crippen molar-refractivity contribution in [1.82, 2.24) is 20.4 Å². The number of guanidine groups is 1. The third-order valence-electron chi connectivity index (χ3n) is 5.00.